The number of nitrogens with one attached hydrogen (secondary N) is 1. The van der Waals surface area contributed by atoms with Crippen molar-refractivity contribution in [2.75, 3.05) is 5.32 Å². The highest BCUT2D eigenvalue weighted by Crippen LogP contribution is 2.23. The monoisotopic (exact) mass is 416 g/mol. The van der Waals surface area contributed by atoms with Crippen molar-refractivity contribution in [1.82, 2.24) is 4.98 Å². The Balaban J connectivity index is 1.53. The number of carbonyl (C=O) groups is 2. The van der Waals surface area contributed by atoms with Gasteiger partial charge in [0.2, 0.25) is 5.91 Å². The normalized spacial score (nSPS) is 10.5. The lowest BCUT2D eigenvalue weighted by atomic mass is 10.2. The Bertz CT molecular complexity index is 1000. The van der Waals surface area contributed by atoms with Crippen LogP contribution in [0.2, 0.25) is 5.02 Å². The van der Waals surface area contributed by atoms with Crippen LogP contribution in [0.5, 0.6) is 5.75 Å². The number of nitrogens with zero attached hydrogens (tertiary/aromatic N) is 1. The van der Waals surface area contributed by atoms with Gasteiger partial charge in [0.25, 0.3) is 0 Å². The molecule has 144 valence electrons. The Hall–Kier alpha value is -2.90. The van der Waals surface area contributed by atoms with E-state index in [2.05, 4.69) is 10.3 Å². The van der Waals surface area contributed by atoms with E-state index in [-0.39, 0.29) is 30.2 Å². The fourth-order valence-electron chi connectivity index (χ4n) is 2.36. The van der Waals surface area contributed by atoms with E-state index in [0.29, 0.717) is 15.7 Å². The van der Waals surface area contributed by atoms with Crippen molar-refractivity contribution in [2.24, 2.45) is 0 Å². The zero-order chi connectivity index (χ0) is 20.1. The summed E-state index contributed by atoms with van der Waals surface area (Å²) in [4.78, 5) is 28.5. The summed E-state index contributed by atoms with van der Waals surface area (Å²) in [5, 5.41) is 15.2. The number of benzene rings is 2. The number of phenols is 1. The second kappa shape index (κ2) is 8.86. The summed E-state index contributed by atoms with van der Waals surface area (Å²) in [5.41, 5.74) is 2.35. The standard InChI is InChI=1S/C20H17ClN2O4S/c1-12-2-5-14(6-3-12)22-18(25)9-19-23-15(11-28-19)10-27-20(26)16-8-13(21)4-7-17(16)24/h2-8,11,24H,9-10H2,1H3,(H,22,25). The second-order valence-corrected chi connectivity index (χ2v) is 7.44. The number of rotatable bonds is 6. The van der Waals surface area contributed by atoms with Gasteiger partial charge in [-0.15, -0.1) is 11.3 Å². The molecular formula is C20H17ClN2O4S. The second-order valence-electron chi connectivity index (χ2n) is 6.06. The fraction of sp³-hybridized carbons (Fsp3) is 0.150. The molecule has 0 aliphatic carbocycles. The molecule has 28 heavy (non-hydrogen) atoms. The maximum absolute atomic E-state index is 12.1. The molecule has 1 amide bonds. The Morgan fingerprint density at radius 3 is 2.71 bits per heavy atom. The van der Waals surface area contributed by atoms with Gasteiger partial charge in [-0.2, -0.15) is 0 Å². The molecule has 3 rings (SSSR count). The fourth-order valence-corrected chi connectivity index (χ4v) is 3.31. The number of aryl methyl sites for hydroxylation is 1. The number of phenolic OH excluding ortho intramolecular Hbond substituents is 1. The molecule has 0 unspecified atom stereocenters. The van der Waals surface area contributed by atoms with Gasteiger partial charge in [-0.1, -0.05) is 29.3 Å². The smallest absolute Gasteiger partial charge is 0.342 e. The van der Waals surface area contributed by atoms with Crippen LogP contribution < -0.4 is 5.32 Å². The highest BCUT2D eigenvalue weighted by Gasteiger charge is 2.15. The van der Waals surface area contributed by atoms with Crippen molar-refractivity contribution in [3.05, 3.63) is 74.7 Å². The molecular weight excluding hydrogens is 400 g/mol. The van der Waals surface area contributed by atoms with E-state index in [0.717, 1.165) is 11.3 Å². The summed E-state index contributed by atoms with van der Waals surface area (Å²) in [6.45, 7) is 1.91. The van der Waals surface area contributed by atoms with Crippen molar-refractivity contribution in [1.29, 1.82) is 0 Å². The molecule has 0 saturated heterocycles. The minimum Gasteiger partial charge on any atom is -0.507 e. The molecule has 1 aromatic heterocycles. The first-order chi connectivity index (χ1) is 13.4. The number of aromatic hydroxyl groups is 1. The molecule has 1 heterocycles. The molecule has 0 aliphatic rings. The SMILES string of the molecule is Cc1ccc(NC(=O)Cc2nc(COC(=O)c3cc(Cl)ccc3O)cs2)cc1. The number of hydrogen-bond acceptors (Lipinski definition) is 6. The van der Waals surface area contributed by atoms with Gasteiger partial charge in [0.15, 0.2) is 0 Å². The first-order valence-electron chi connectivity index (χ1n) is 8.36. The third kappa shape index (κ3) is 5.31. The quantitative estimate of drug-likeness (QED) is 0.583. The maximum atomic E-state index is 12.1. The van der Waals surface area contributed by atoms with Crippen molar-refractivity contribution in [2.45, 2.75) is 20.0 Å². The highest BCUT2D eigenvalue weighted by molar-refractivity contribution is 7.09. The maximum Gasteiger partial charge on any atom is 0.342 e. The largest absolute Gasteiger partial charge is 0.507 e. The third-order valence-electron chi connectivity index (χ3n) is 3.78. The van der Waals surface area contributed by atoms with Gasteiger partial charge in [-0.3, -0.25) is 4.79 Å². The van der Waals surface area contributed by atoms with E-state index in [4.69, 9.17) is 16.3 Å². The van der Waals surface area contributed by atoms with Crippen LogP contribution in [0.15, 0.2) is 47.8 Å². The zero-order valence-electron chi connectivity index (χ0n) is 14.9. The number of anilines is 1. The Morgan fingerprint density at radius 1 is 1.21 bits per heavy atom. The van der Waals surface area contributed by atoms with Crippen molar-refractivity contribution < 1.29 is 19.4 Å². The molecule has 0 spiro atoms. The molecule has 2 aromatic carbocycles. The first kappa shape index (κ1) is 19.9. The van der Waals surface area contributed by atoms with Gasteiger partial charge in [-0.25, -0.2) is 9.78 Å². The summed E-state index contributed by atoms with van der Waals surface area (Å²) < 4.78 is 5.16. The van der Waals surface area contributed by atoms with Gasteiger partial charge in [-0.05, 0) is 37.3 Å². The minimum atomic E-state index is -0.702. The molecule has 0 fully saturated rings. The lowest BCUT2D eigenvalue weighted by Crippen LogP contribution is -2.14. The molecule has 0 atom stereocenters. The molecule has 3 aromatic rings. The summed E-state index contributed by atoms with van der Waals surface area (Å²) in [6, 6.07) is 11.7. The van der Waals surface area contributed by atoms with Crippen molar-refractivity contribution >= 4 is 40.5 Å². The number of halogens is 1. The van der Waals surface area contributed by atoms with E-state index in [9.17, 15) is 14.7 Å². The Labute approximate surface area is 170 Å². The molecule has 0 aliphatic heterocycles. The van der Waals surface area contributed by atoms with E-state index >= 15 is 0 Å². The molecule has 0 saturated carbocycles. The number of amides is 1. The summed E-state index contributed by atoms with van der Waals surface area (Å²) in [5.74, 6) is -1.08. The van der Waals surface area contributed by atoms with Gasteiger partial charge in [0.1, 0.15) is 22.9 Å². The van der Waals surface area contributed by atoms with Crippen LogP contribution in [-0.4, -0.2) is 22.0 Å². The highest BCUT2D eigenvalue weighted by atomic mass is 35.5. The topological polar surface area (TPSA) is 88.5 Å². The molecule has 0 radical (unpaired) electrons. The molecule has 0 bridgehead atoms. The van der Waals surface area contributed by atoms with Crippen LogP contribution in [-0.2, 0) is 22.6 Å². The average Bonchev–Trinajstić information content (AvgIpc) is 3.11. The summed E-state index contributed by atoms with van der Waals surface area (Å²) in [7, 11) is 0. The minimum absolute atomic E-state index is 0.0135. The molecule has 8 heteroatoms. The molecule has 2 N–H and O–H groups in total. The summed E-state index contributed by atoms with van der Waals surface area (Å²) >= 11 is 7.14. The summed E-state index contributed by atoms with van der Waals surface area (Å²) in [6.07, 6.45) is 0.127. The first-order valence-corrected chi connectivity index (χ1v) is 9.62. The Morgan fingerprint density at radius 2 is 1.96 bits per heavy atom. The van der Waals surface area contributed by atoms with Crippen LogP contribution in [0.1, 0.15) is 26.6 Å². The van der Waals surface area contributed by atoms with Crippen LogP contribution in [0.4, 0.5) is 5.69 Å². The van der Waals surface area contributed by atoms with Gasteiger partial charge >= 0.3 is 5.97 Å². The third-order valence-corrected chi connectivity index (χ3v) is 4.91. The molecule has 6 nitrogen and oxygen atoms in total. The van der Waals surface area contributed by atoms with E-state index < -0.39 is 5.97 Å². The van der Waals surface area contributed by atoms with E-state index in [1.54, 1.807) is 5.38 Å². The van der Waals surface area contributed by atoms with Gasteiger partial charge in [0.05, 0.1) is 12.1 Å². The van der Waals surface area contributed by atoms with Crippen LogP contribution >= 0.6 is 22.9 Å². The number of hydrogen-bond donors (Lipinski definition) is 2. The number of aromatic nitrogens is 1. The number of esters is 1. The van der Waals surface area contributed by atoms with E-state index in [1.165, 1.54) is 29.5 Å². The predicted molar refractivity (Wildman–Crippen MR) is 108 cm³/mol. The number of ether oxygens (including phenoxy) is 1. The van der Waals surface area contributed by atoms with Crippen molar-refractivity contribution in [3.8, 4) is 5.75 Å². The predicted octanol–water partition coefficient (Wildman–Crippen LogP) is 4.35. The van der Waals surface area contributed by atoms with E-state index in [1.807, 2.05) is 31.2 Å². The lowest BCUT2D eigenvalue weighted by Gasteiger charge is -2.05. The van der Waals surface area contributed by atoms with Crippen molar-refractivity contribution in [3.63, 3.8) is 0 Å². The lowest BCUT2D eigenvalue weighted by molar-refractivity contribution is -0.115. The van der Waals surface area contributed by atoms with Crippen LogP contribution in [0, 0.1) is 6.92 Å². The zero-order valence-corrected chi connectivity index (χ0v) is 16.5. The van der Waals surface area contributed by atoms with Crippen LogP contribution in [0.25, 0.3) is 0 Å². The van der Waals surface area contributed by atoms with Crippen LogP contribution in [0.3, 0.4) is 0 Å². The van der Waals surface area contributed by atoms with Gasteiger partial charge in [0, 0.05) is 16.1 Å². The number of thiazole rings is 1. The average molecular weight is 417 g/mol. The van der Waals surface area contributed by atoms with Gasteiger partial charge < -0.3 is 15.2 Å². The number of carbonyl (C=O) groups excluding carboxylic acids is 2. The Kier molecular flexibility index (Phi) is 6.28.